The van der Waals surface area contributed by atoms with Crippen molar-refractivity contribution in [2.24, 2.45) is 0 Å². The van der Waals surface area contributed by atoms with Gasteiger partial charge in [-0.05, 0) is 26.7 Å². The molecule has 94 valence electrons. The van der Waals surface area contributed by atoms with Crippen molar-refractivity contribution >= 4 is 0 Å². The van der Waals surface area contributed by atoms with Gasteiger partial charge in [0.1, 0.15) is 5.75 Å². The summed E-state index contributed by atoms with van der Waals surface area (Å²) in [5.74, 6) is 0.922. The molecule has 1 aliphatic carbocycles. The van der Waals surface area contributed by atoms with Gasteiger partial charge in [-0.3, -0.25) is 4.98 Å². The summed E-state index contributed by atoms with van der Waals surface area (Å²) in [4.78, 5) is 4.43. The molecule has 0 unspecified atom stereocenters. The summed E-state index contributed by atoms with van der Waals surface area (Å²) in [6, 6.07) is 0.429. The third-order valence-corrected chi connectivity index (χ3v) is 3.42. The van der Waals surface area contributed by atoms with Gasteiger partial charge in [0.2, 0.25) is 0 Å². The van der Waals surface area contributed by atoms with Gasteiger partial charge < -0.3 is 15.2 Å². The lowest BCUT2D eigenvalue weighted by Crippen LogP contribution is -2.43. The Kier molecular flexibility index (Phi) is 3.64. The van der Waals surface area contributed by atoms with Crippen molar-refractivity contribution in [2.75, 3.05) is 7.11 Å². The average molecular weight is 236 g/mol. The highest BCUT2D eigenvalue weighted by Gasteiger charge is 2.26. The van der Waals surface area contributed by atoms with Crippen LogP contribution in [0.25, 0.3) is 0 Å². The lowest BCUT2D eigenvalue weighted by Gasteiger charge is -2.32. The van der Waals surface area contributed by atoms with Gasteiger partial charge >= 0.3 is 0 Å². The van der Waals surface area contributed by atoms with E-state index >= 15 is 0 Å². The van der Waals surface area contributed by atoms with E-state index in [1.54, 1.807) is 7.11 Å². The molecule has 2 rings (SSSR count). The number of ether oxygens (including phenoxy) is 1. The first-order chi connectivity index (χ1) is 8.11. The van der Waals surface area contributed by atoms with Gasteiger partial charge in [0.15, 0.2) is 0 Å². The third-order valence-electron chi connectivity index (χ3n) is 3.42. The fourth-order valence-corrected chi connectivity index (χ4v) is 2.24. The van der Waals surface area contributed by atoms with Crippen LogP contribution in [0.4, 0.5) is 0 Å². The molecule has 1 aliphatic rings. The number of aromatic nitrogens is 1. The van der Waals surface area contributed by atoms with Crippen molar-refractivity contribution in [3.05, 3.63) is 23.0 Å². The van der Waals surface area contributed by atoms with Crippen LogP contribution in [-0.4, -0.2) is 29.3 Å². The zero-order valence-electron chi connectivity index (χ0n) is 10.7. The average Bonchev–Trinajstić information content (AvgIpc) is 2.26. The lowest BCUT2D eigenvalue weighted by molar-refractivity contribution is 0.0618. The highest BCUT2D eigenvalue weighted by molar-refractivity contribution is 5.41. The van der Waals surface area contributed by atoms with Crippen LogP contribution in [0.5, 0.6) is 5.75 Å². The smallest absolute Gasteiger partial charge is 0.128 e. The lowest BCUT2D eigenvalue weighted by atomic mass is 9.89. The molecular weight excluding hydrogens is 216 g/mol. The molecule has 1 aromatic heterocycles. The van der Waals surface area contributed by atoms with Crippen LogP contribution in [0.1, 0.15) is 29.7 Å². The Morgan fingerprint density at radius 2 is 2.18 bits per heavy atom. The molecule has 0 bridgehead atoms. The van der Waals surface area contributed by atoms with Crippen molar-refractivity contribution in [3.63, 3.8) is 0 Å². The van der Waals surface area contributed by atoms with E-state index in [-0.39, 0.29) is 6.10 Å². The van der Waals surface area contributed by atoms with E-state index in [9.17, 15) is 5.11 Å². The first kappa shape index (κ1) is 12.3. The summed E-state index contributed by atoms with van der Waals surface area (Å²) in [7, 11) is 1.69. The molecule has 0 atom stereocenters. The summed E-state index contributed by atoms with van der Waals surface area (Å²) in [6.45, 7) is 4.77. The van der Waals surface area contributed by atoms with E-state index in [0.29, 0.717) is 6.04 Å². The normalized spacial score (nSPS) is 23.3. The number of hydrogen-bond acceptors (Lipinski definition) is 4. The number of methoxy groups -OCH3 is 1. The van der Waals surface area contributed by atoms with E-state index in [1.165, 1.54) is 0 Å². The molecule has 1 saturated carbocycles. The van der Waals surface area contributed by atoms with Gasteiger partial charge in [-0.15, -0.1) is 0 Å². The number of nitrogens with zero attached hydrogens (tertiary/aromatic N) is 1. The van der Waals surface area contributed by atoms with Crippen LogP contribution in [0.2, 0.25) is 0 Å². The number of hydrogen-bond donors (Lipinski definition) is 2. The number of nitrogens with one attached hydrogen (secondary N) is 1. The van der Waals surface area contributed by atoms with Crippen LogP contribution in [0.3, 0.4) is 0 Å². The van der Waals surface area contributed by atoms with E-state index in [2.05, 4.69) is 10.3 Å². The molecule has 4 nitrogen and oxygen atoms in total. The minimum Gasteiger partial charge on any atom is -0.496 e. The fourth-order valence-electron chi connectivity index (χ4n) is 2.24. The topological polar surface area (TPSA) is 54.4 Å². The molecule has 2 N–H and O–H groups in total. The van der Waals surface area contributed by atoms with Gasteiger partial charge in [0.05, 0.1) is 18.9 Å². The first-order valence-electron chi connectivity index (χ1n) is 6.02. The second-order valence-corrected chi connectivity index (χ2v) is 4.75. The number of aliphatic hydroxyl groups excluding tert-OH is 1. The van der Waals surface area contributed by atoms with E-state index in [0.717, 1.165) is 42.0 Å². The Bertz CT molecular complexity index is 401. The summed E-state index contributed by atoms with van der Waals surface area (Å²) in [5, 5.41) is 12.6. The summed E-state index contributed by atoms with van der Waals surface area (Å²) in [6.07, 6.45) is 3.43. The highest BCUT2D eigenvalue weighted by Crippen LogP contribution is 2.25. The molecule has 1 heterocycles. The fraction of sp³-hybridized carbons (Fsp3) is 0.615. The zero-order valence-corrected chi connectivity index (χ0v) is 10.7. The first-order valence-corrected chi connectivity index (χ1v) is 6.02. The van der Waals surface area contributed by atoms with E-state index in [4.69, 9.17) is 4.74 Å². The van der Waals surface area contributed by atoms with Crippen molar-refractivity contribution in [2.45, 2.75) is 45.4 Å². The minimum absolute atomic E-state index is 0.117. The zero-order chi connectivity index (χ0) is 12.4. The van der Waals surface area contributed by atoms with Crippen LogP contribution in [0.15, 0.2) is 6.20 Å². The van der Waals surface area contributed by atoms with Crippen molar-refractivity contribution in [3.8, 4) is 5.75 Å². The molecule has 0 amide bonds. The SMILES string of the molecule is COc1c(C)cnc(CNC2CC(O)C2)c1C. The Labute approximate surface area is 102 Å². The maximum absolute atomic E-state index is 9.21. The number of rotatable bonds is 4. The second-order valence-electron chi connectivity index (χ2n) is 4.75. The summed E-state index contributed by atoms with van der Waals surface area (Å²) >= 11 is 0. The molecule has 0 spiro atoms. The molecule has 1 fully saturated rings. The molecule has 4 heteroatoms. The number of aliphatic hydroxyl groups is 1. The predicted molar refractivity (Wildman–Crippen MR) is 66.1 cm³/mol. The standard InChI is InChI=1S/C13H20N2O2/c1-8-6-15-12(9(2)13(8)17-3)7-14-10-4-11(16)5-10/h6,10-11,14,16H,4-5,7H2,1-3H3. The van der Waals surface area contributed by atoms with E-state index in [1.807, 2.05) is 20.0 Å². The van der Waals surface area contributed by atoms with Gasteiger partial charge in [0, 0.05) is 29.9 Å². The summed E-state index contributed by atoms with van der Waals surface area (Å²) < 4.78 is 5.37. The van der Waals surface area contributed by atoms with Gasteiger partial charge in [-0.1, -0.05) is 0 Å². The minimum atomic E-state index is -0.117. The number of pyridine rings is 1. The largest absolute Gasteiger partial charge is 0.496 e. The van der Waals surface area contributed by atoms with Crippen LogP contribution >= 0.6 is 0 Å². The van der Waals surface area contributed by atoms with Crippen LogP contribution in [0, 0.1) is 13.8 Å². The maximum Gasteiger partial charge on any atom is 0.128 e. The van der Waals surface area contributed by atoms with Crippen LogP contribution < -0.4 is 10.1 Å². The van der Waals surface area contributed by atoms with Crippen molar-refractivity contribution < 1.29 is 9.84 Å². The monoisotopic (exact) mass is 236 g/mol. The molecule has 1 aromatic rings. The predicted octanol–water partition coefficient (Wildman–Crippen LogP) is 1.32. The van der Waals surface area contributed by atoms with Gasteiger partial charge in [-0.2, -0.15) is 0 Å². The van der Waals surface area contributed by atoms with Crippen molar-refractivity contribution in [1.29, 1.82) is 0 Å². The number of aryl methyl sites for hydroxylation is 1. The summed E-state index contributed by atoms with van der Waals surface area (Å²) in [5.41, 5.74) is 3.18. The Balaban J connectivity index is 2.01. The second kappa shape index (κ2) is 5.02. The molecule has 0 aliphatic heterocycles. The van der Waals surface area contributed by atoms with E-state index < -0.39 is 0 Å². The quantitative estimate of drug-likeness (QED) is 0.828. The molecule has 0 saturated heterocycles. The van der Waals surface area contributed by atoms with Crippen molar-refractivity contribution in [1.82, 2.24) is 10.3 Å². The Morgan fingerprint density at radius 1 is 1.47 bits per heavy atom. The third kappa shape index (κ3) is 2.58. The highest BCUT2D eigenvalue weighted by atomic mass is 16.5. The van der Waals surface area contributed by atoms with Crippen LogP contribution in [-0.2, 0) is 6.54 Å². The molecule has 0 radical (unpaired) electrons. The van der Waals surface area contributed by atoms with Gasteiger partial charge in [-0.25, -0.2) is 0 Å². The Hall–Kier alpha value is -1.13. The maximum atomic E-state index is 9.21. The molecular formula is C13H20N2O2. The Morgan fingerprint density at radius 3 is 2.76 bits per heavy atom. The molecule has 0 aromatic carbocycles. The van der Waals surface area contributed by atoms with Gasteiger partial charge in [0.25, 0.3) is 0 Å². The molecule has 17 heavy (non-hydrogen) atoms.